The second-order valence-corrected chi connectivity index (χ2v) is 9.55. The van der Waals surface area contributed by atoms with E-state index in [9.17, 15) is 5.11 Å². The molecule has 0 saturated carbocycles. The Hall–Kier alpha value is -4.56. The van der Waals surface area contributed by atoms with Crippen LogP contribution in [0.25, 0.3) is 22.0 Å². The van der Waals surface area contributed by atoms with Gasteiger partial charge in [-0.1, -0.05) is 60.7 Å². The van der Waals surface area contributed by atoms with Crippen LogP contribution in [0.4, 0.5) is 0 Å². The zero-order chi connectivity index (χ0) is 27.2. The van der Waals surface area contributed by atoms with E-state index in [2.05, 4.69) is 12.1 Å². The molecule has 0 aliphatic rings. The quantitative estimate of drug-likeness (QED) is 0.229. The lowest BCUT2D eigenvalue weighted by atomic mass is 10.0. The van der Waals surface area contributed by atoms with Crippen molar-refractivity contribution in [3.05, 3.63) is 100 Å². The molecule has 198 valence electrons. The normalized spacial score (nSPS) is 11.8. The van der Waals surface area contributed by atoms with Crippen molar-refractivity contribution in [2.24, 2.45) is 10.1 Å². The summed E-state index contributed by atoms with van der Waals surface area (Å²) in [4.78, 5) is 5.61. The van der Waals surface area contributed by atoms with E-state index in [1.54, 1.807) is 38.3 Å². The highest BCUT2D eigenvalue weighted by molar-refractivity contribution is 7.07. The van der Waals surface area contributed by atoms with Crippen LogP contribution in [-0.4, -0.2) is 43.9 Å². The van der Waals surface area contributed by atoms with Crippen LogP contribution in [-0.2, 0) is 6.42 Å². The molecule has 0 spiro atoms. The molecule has 5 rings (SSSR count). The molecule has 0 atom stereocenters. The zero-order valence-corrected chi connectivity index (χ0v) is 22.8. The molecule has 0 aliphatic heterocycles. The first kappa shape index (κ1) is 26.1. The molecule has 0 amide bonds. The first-order valence-electron chi connectivity index (χ1n) is 12.4. The minimum atomic E-state index is 0.158. The number of aromatic hydroxyl groups is 1. The maximum Gasteiger partial charge on any atom is 0.206 e. The van der Waals surface area contributed by atoms with Gasteiger partial charge < -0.3 is 19.3 Å². The van der Waals surface area contributed by atoms with Crippen LogP contribution in [0.2, 0.25) is 0 Å². The fraction of sp³-hybridized carbons (Fsp3) is 0.161. The number of fused-ring (bicyclic) bond motifs is 1. The molecule has 8 heteroatoms. The second-order valence-electron chi connectivity index (χ2n) is 8.71. The van der Waals surface area contributed by atoms with Crippen LogP contribution in [0.5, 0.6) is 23.0 Å². The van der Waals surface area contributed by atoms with E-state index in [-0.39, 0.29) is 5.75 Å². The monoisotopic (exact) mass is 539 g/mol. The van der Waals surface area contributed by atoms with Crippen molar-refractivity contribution >= 4 is 28.3 Å². The maximum atomic E-state index is 10.7. The molecule has 0 fully saturated rings. The average Bonchev–Trinajstić information content (AvgIpc) is 3.38. The van der Waals surface area contributed by atoms with Crippen LogP contribution in [0.3, 0.4) is 0 Å². The Labute approximate surface area is 230 Å². The van der Waals surface area contributed by atoms with E-state index in [0.29, 0.717) is 29.4 Å². The summed E-state index contributed by atoms with van der Waals surface area (Å²) in [6.45, 7) is 0.605. The molecule has 0 saturated heterocycles. The second kappa shape index (κ2) is 11.9. The number of methoxy groups -OCH3 is 3. The summed E-state index contributed by atoms with van der Waals surface area (Å²) in [6.07, 6.45) is 2.49. The lowest BCUT2D eigenvalue weighted by Gasteiger charge is -2.14. The molecule has 0 aliphatic carbocycles. The first-order valence-corrected chi connectivity index (χ1v) is 13.3. The maximum absolute atomic E-state index is 10.7. The molecule has 0 radical (unpaired) electrons. The van der Waals surface area contributed by atoms with E-state index >= 15 is 0 Å². The van der Waals surface area contributed by atoms with Gasteiger partial charge in [0.25, 0.3) is 0 Å². The minimum Gasteiger partial charge on any atom is -0.507 e. The number of phenols is 1. The molecule has 0 bridgehead atoms. The summed E-state index contributed by atoms with van der Waals surface area (Å²) >= 11 is 1.49. The average molecular weight is 540 g/mol. The van der Waals surface area contributed by atoms with Gasteiger partial charge in [-0.15, -0.1) is 11.3 Å². The molecule has 39 heavy (non-hydrogen) atoms. The van der Waals surface area contributed by atoms with E-state index in [1.165, 1.54) is 16.9 Å². The summed E-state index contributed by atoms with van der Waals surface area (Å²) < 4.78 is 18.5. The van der Waals surface area contributed by atoms with Crippen LogP contribution in [0, 0.1) is 0 Å². The van der Waals surface area contributed by atoms with Gasteiger partial charge in [-0.3, -0.25) is 4.99 Å². The summed E-state index contributed by atoms with van der Waals surface area (Å²) in [6, 6.07) is 25.5. The van der Waals surface area contributed by atoms with Crippen molar-refractivity contribution in [3.63, 3.8) is 0 Å². The van der Waals surface area contributed by atoms with Crippen molar-refractivity contribution in [1.29, 1.82) is 0 Å². The predicted molar refractivity (Wildman–Crippen MR) is 157 cm³/mol. The Bertz CT molecular complexity index is 1660. The summed E-state index contributed by atoms with van der Waals surface area (Å²) in [7, 11) is 4.76. The lowest BCUT2D eigenvalue weighted by Crippen LogP contribution is -2.13. The van der Waals surface area contributed by atoms with Gasteiger partial charge in [-0.2, -0.15) is 5.10 Å². The van der Waals surface area contributed by atoms with Gasteiger partial charge in [0.05, 0.1) is 33.2 Å². The summed E-state index contributed by atoms with van der Waals surface area (Å²) in [5.41, 5.74) is 3.48. The molecule has 1 N–H and O–H groups in total. The third-order valence-corrected chi connectivity index (χ3v) is 7.24. The summed E-state index contributed by atoms with van der Waals surface area (Å²) in [5.74, 6) is 1.76. The van der Waals surface area contributed by atoms with Crippen LogP contribution < -0.4 is 19.0 Å². The van der Waals surface area contributed by atoms with Gasteiger partial charge >= 0.3 is 0 Å². The number of aromatic nitrogens is 1. The molecule has 0 unspecified atom stereocenters. The summed E-state index contributed by atoms with van der Waals surface area (Å²) in [5, 5.41) is 19.5. The number of rotatable bonds is 9. The Morgan fingerprint density at radius 1 is 0.872 bits per heavy atom. The first-order chi connectivity index (χ1) is 19.1. The Morgan fingerprint density at radius 3 is 2.31 bits per heavy atom. The van der Waals surface area contributed by atoms with Gasteiger partial charge in [0.2, 0.25) is 10.6 Å². The molecular weight excluding hydrogens is 510 g/mol. The number of nitrogens with zero attached hydrogens (tertiary/aromatic N) is 3. The Kier molecular flexibility index (Phi) is 7.94. The van der Waals surface area contributed by atoms with Gasteiger partial charge in [0.1, 0.15) is 5.75 Å². The predicted octanol–water partition coefficient (Wildman–Crippen LogP) is 6.13. The highest BCUT2D eigenvalue weighted by Gasteiger charge is 2.17. The van der Waals surface area contributed by atoms with Gasteiger partial charge in [-0.05, 0) is 41.0 Å². The highest BCUT2D eigenvalue weighted by atomic mass is 32.1. The Morgan fingerprint density at radius 2 is 1.59 bits per heavy atom. The zero-order valence-electron chi connectivity index (χ0n) is 22.0. The van der Waals surface area contributed by atoms with Crippen LogP contribution in [0.15, 0.2) is 94.3 Å². The molecular formula is C31H29N3O4S. The molecule has 1 heterocycles. The van der Waals surface area contributed by atoms with E-state index in [0.717, 1.165) is 33.3 Å². The standard InChI is InChI=1S/C31H29N3O4S/c1-36-28-17-23(18-29(37-2)30(28)38-3)26-20-39-31(32-16-15-21-9-5-4-6-10-21)34(26)33-19-25-24-12-8-7-11-22(24)13-14-27(25)35/h4-14,17-20,35H,15-16H2,1-3H3. The number of hydrogen-bond acceptors (Lipinski definition) is 7. The third-order valence-electron chi connectivity index (χ3n) is 6.39. The van der Waals surface area contributed by atoms with Crippen molar-refractivity contribution in [1.82, 2.24) is 4.68 Å². The highest BCUT2D eigenvalue weighted by Crippen LogP contribution is 2.41. The fourth-order valence-electron chi connectivity index (χ4n) is 4.41. The van der Waals surface area contributed by atoms with Crippen LogP contribution >= 0.6 is 11.3 Å². The van der Waals surface area contributed by atoms with Gasteiger partial charge in [0.15, 0.2) is 11.5 Å². The molecule has 5 aromatic rings. The van der Waals surface area contributed by atoms with Crippen molar-refractivity contribution in [3.8, 4) is 34.3 Å². The van der Waals surface area contributed by atoms with Crippen molar-refractivity contribution in [2.45, 2.75) is 6.42 Å². The minimum absolute atomic E-state index is 0.158. The SMILES string of the molecule is COc1cc(-c2csc(=NCCc3ccccc3)n2N=Cc2c(O)ccc3ccccc23)cc(OC)c1OC. The van der Waals surface area contributed by atoms with Crippen molar-refractivity contribution < 1.29 is 19.3 Å². The van der Waals surface area contributed by atoms with E-state index in [4.69, 9.17) is 24.3 Å². The molecule has 4 aromatic carbocycles. The van der Waals surface area contributed by atoms with Crippen molar-refractivity contribution in [2.75, 3.05) is 27.9 Å². The Balaban J connectivity index is 1.63. The largest absolute Gasteiger partial charge is 0.507 e. The van der Waals surface area contributed by atoms with Gasteiger partial charge in [0, 0.05) is 23.1 Å². The van der Waals surface area contributed by atoms with E-state index in [1.807, 2.05) is 66.0 Å². The third kappa shape index (κ3) is 5.51. The number of benzene rings is 4. The molecule has 1 aromatic heterocycles. The van der Waals surface area contributed by atoms with E-state index < -0.39 is 0 Å². The number of hydrogen-bond donors (Lipinski definition) is 1. The molecule has 7 nitrogen and oxygen atoms in total. The van der Waals surface area contributed by atoms with Gasteiger partial charge in [-0.25, -0.2) is 4.68 Å². The number of ether oxygens (including phenoxy) is 3. The fourth-order valence-corrected chi connectivity index (χ4v) is 5.27. The van der Waals surface area contributed by atoms with Crippen LogP contribution in [0.1, 0.15) is 11.1 Å². The number of phenolic OH excluding ortho intramolecular Hbond substituents is 1. The number of thiazole rings is 1. The lowest BCUT2D eigenvalue weighted by molar-refractivity contribution is 0.324. The smallest absolute Gasteiger partial charge is 0.206 e. The topological polar surface area (TPSA) is 77.6 Å².